The average Bonchev–Trinajstić information content (AvgIpc) is 1.27. The number of esters is 4. The van der Waals surface area contributed by atoms with Crippen molar-refractivity contribution in [2.24, 2.45) is 23.7 Å². The predicted octanol–water partition coefficient (Wildman–Crippen LogP) is 22.0. The zero-order chi connectivity index (χ0) is 70.3. The number of carbonyl (C=O) groups is 4. The number of unbranched alkanes of at least 4 members (excludes halogenated alkanes) is 38. The molecule has 0 bridgehead atoms. The fraction of sp³-hybridized carbons (Fsp3) is 0.947. The van der Waals surface area contributed by atoms with Crippen molar-refractivity contribution in [2.45, 2.75) is 401 Å². The summed E-state index contributed by atoms with van der Waals surface area (Å²) in [5.74, 6) is 0.944. The third-order valence-electron chi connectivity index (χ3n) is 17.9. The molecule has 0 saturated carbocycles. The van der Waals surface area contributed by atoms with Gasteiger partial charge in [-0.1, -0.05) is 331 Å². The van der Waals surface area contributed by atoms with Crippen LogP contribution in [-0.2, 0) is 65.4 Å². The molecule has 17 nitrogen and oxygen atoms in total. The minimum atomic E-state index is -4.96. The molecule has 3 unspecified atom stereocenters. The third kappa shape index (κ3) is 69.0. The monoisotopic (exact) mass is 1400 g/mol. The zero-order valence-electron chi connectivity index (χ0n) is 62.3. The maximum atomic E-state index is 13.1. The van der Waals surface area contributed by atoms with E-state index in [1.807, 2.05) is 0 Å². The number of phosphoric ester groups is 2. The second kappa shape index (κ2) is 65.4. The summed E-state index contributed by atoms with van der Waals surface area (Å²) in [4.78, 5) is 72.8. The van der Waals surface area contributed by atoms with E-state index in [0.717, 1.165) is 120 Å². The Labute approximate surface area is 581 Å². The summed E-state index contributed by atoms with van der Waals surface area (Å²) in [6.45, 7) is 14.2. The van der Waals surface area contributed by atoms with Crippen LogP contribution in [0.3, 0.4) is 0 Å². The average molecular weight is 1400 g/mol. The van der Waals surface area contributed by atoms with Gasteiger partial charge >= 0.3 is 39.5 Å². The van der Waals surface area contributed by atoms with Crippen LogP contribution in [0, 0.1) is 23.7 Å². The van der Waals surface area contributed by atoms with Gasteiger partial charge < -0.3 is 33.8 Å². The first-order chi connectivity index (χ1) is 45.6. The standard InChI is InChI=1S/C76H148O17P2/c1-9-69(8)55-47-39-34-35-41-49-57-74(79)87-63-72(93-75(80)58-50-42-32-26-20-12-10-11-16-22-28-36-44-52-66(2)3)65-91-95(84,85)89-61-70(77)60-88-94(82,83)90-64-71(92-76(81)59-51-43-33-27-21-15-18-24-30-38-46-54-68(6)7)62-86-73(78)56-48-40-31-25-19-14-13-17-23-29-37-45-53-67(4)5/h66-72,77H,9-65H2,1-8H3,(H,82,83)(H,84,85)/t69?,70-,71-,72-/m1/s1. The Morgan fingerprint density at radius 1 is 0.295 bits per heavy atom. The van der Waals surface area contributed by atoms with E-state index in [1.54, 1.807) is 0 Å². The first-order valence-corrected chi connectivity index (χ1v) is 42.2. The summed E-state index contributed by atoms with van der Waals surface area (Å²) < 4.78 is 68.5. The summed E-state index contributed by atoms with van der Waals surface area (Å²) in [7, 11) is -9.91. The van der Waals surface area contributed by atoms with Crippen LogP contribution in [-0.4, -0.2) is 96.7 Å². The number of aliphatic hydroxyl groups excluding tert-OH is 1. The van der Waals surface area contributed by atoms with Crippen LogP contribution in [0.4, 0.5) is 0 Å². The molecular formula is C76H148O17P2. The predicted molar refractivity (Wildman–Crippen MR) is 386 cm³/mol. The lowest BCUT2D eigenvalue weighted by Crippen LogP contribution is -2.30. The fourth-order valence-corrected chi connectivity index (χ4v) is 13.1. The topological polar surface area (TPSA) is 237 Å². The van der Waals surface area contributed by atoms with E-state index in [0.29, 0.717) is 25.7 Å². The number of ether oxygens (including phenoxy) is 4. The van der Waals surface area contributed by atoms with Crippen molar-refractivity contribution in [3.8, 4) is 0 Å². The molecule has 564 valence electrons. The molecule has 0 aliphatic rings. The van der Waals surface area contributed by atoms with Crippen LogP contribution >= 0.6 is 15.6 Å². The van der Waals surface area contributed by atoms with Gasteiger partial charge in [-0.25, -0.2) is 9.13 Å². The highest BCUT2D eigenvalue weighted by molar-refractivity contribution is 7.47. The molecule has 0 fully saturated rings. The van der Waals surface area contributed by atoms with Gasteiger partial charge in [0.05, 0.1) is 26.4 Å². The minimum Gasteiger partial charge on any atom is -0.462 e. The van der Waals surface area contributed by atoms with Crippen molar-refractivity contribution in [3.05, 3.63) is 0 Å². The number of hydrogen-bond acceptors (Lipinski definition) is 15. The Kier molecular flexibility index (Phi) is 64.0. The van der Waals surface area contributed by atoms with E-state index in [4.69, 9.17) is 37.0 Å². The van der Waals surface area contributed by atoms with Crippen molar-refractivity contribution >= 4 is 39.5 Å². The molecule has 0 rings (SSSR count). The lowest BCUT2D eigenvalue weighted by atomic mass is 10.00. The van der Waals surface area contributed by atoms with Crippen LogP contribution in [0.15, 0.2) is 0 Å². The van der Waals surface area contributed by atoms with E-state index in [-0.39, 0.29) is 25.7 Å². The highest BCUT2D eigenvalue weighted by atomic mass is 31.2. The molecule has 0 aromatic carbocycles. The SMILES string of the molecule is CCC(C)CCCCCCCCC(=O)OC[C@H](COP(=O)(O)OC[C@H](O)COP(=O)(O)OC[C@@H](COC(=O)CCCCCCCCCCCCCCC(C)C)OC(=O)CCCCCCCCCCCCCC(C)C)OC(=O)CCCCCCCCCCCCCCCC(C)C. The van der Waals surface area contributed by atoms with Gasteiger partial charge in [-0.05, 0) is 49.4 Å². The van der Waals surface area contributed by atoms with Crippen molar-refractivity contribution in [3.63, 3.8) is 0 Å². The largest absolute Gasteiger partial charge is 0.472 e. The Hall–Kier alpha value is -1.94. The van der Waals surface area contributed by atoms with Gasteiger partial charge in [-0.15, -0.1) is 0 Å². The first-order valence-electron chi connectivity index (χ1n) is 39.2. The van der Waals surface area contributed by atoms with Crippen molar-refractivity contribution in [1.29, 1.82) is 0 Å². The van der Waals surface area contributed by atoms with Crippen LogP contribution in [0.5, 0.6) is 0 Å². The molecule has 0 aliphatic heterocycles. The second-order valence-corrected chi connectivity index (χ2v) is 32.0. The van der Waals surface area contributed by atoms with Gasteiger partial charge in [-0.3, -0.25) is 37.3 Å². The summed E-state index contributed by atoms with van der Waals surface area (Å²) in [5, 5.41) is 10.6. The first kappa shape index (κ1) is 93.1. The van der Waals surface area contributed by atoms with E-state index in [9.17, 15) is 43.2 Å². The molecule has 0 saturated heterocycles. The number of carbonyl (C=O) groups excluding carboxylic acids is 4. The van der Waals surface area contributed by atoms with Gasteiger partial charge in [0.2, 0.25) is 0 Å². The minimum absolute atomic E-state index is 0.106. The molecule has 0 aliphatic carbocycles. The molecule has 0 amide bonds. The van der Waals surface area contributed by atoms with Gasteiger partial charge in [0.1, 0.15) is 19.3 Å². The van der Waals surface area contributed by atoms with Crippen LogP contribution < -0.4 is 0 Å². The van der Waals surface area contributed by atoms with Crippen molar-refractivity contribution in [2.75, 3.05) is 39.6 Å². The molecule has 95 heavy (non-hydrogen) atoms. The van der Waals surface area contributed by atoms with Gasteiger partial charge in [0.25, 0.3) is 0 Å². The maximum Gasteiger partial charge on any atom is 0.472 e. The van der Waals surface area contributed by atoms with Crippen LogP contribution in [0.2, 0.25) is 0 Å². The molecular weight excluding hydrogens is 1250 g/mol. The summed E-state index contributed by atoms with van der Waals surface area (Å²) >= 11 is 0. The normalized spacial score (nSPS) is 14.4. The molecule has 0 heterocycles. The molecule has 0 radical (unpaired) electrons. The maximum absolute atomic E-state index is 13.1. The number of hydrogen-bond donors (Lipinski definition) is 3. The number of phosphoric acid groups is 2. The van der Waals surface area contributed by atoms with E-state index in [2.05, 4.69) is 55.4 Å². The molecule has 6 atom stereocenters. The second-order valence-electron chi connectivity index (χ2n) is 29.1. The van der Waals surface area contributed by atoms with Crippen molar-refractivity contribution in [1.82, 2.24) is 0 Å². The van der Waals surface area contributed by atoms with Crippen LogP contribution in [0.1, 0.15) is 383 Å². The highest BCUT2D eigenvalue weighted by Gasteiger charge is 2.30. The van der Waals surface area contributed by atoms with E-state index in [1.165, 1.54) is 180 Å². The molecule has 0 aromatic rings. The quantitative estimate of drug-likeness (QED) is 0.0222. The Bertz CT molecular complexity index is 1870. The lowest BCUT2D eigenvalue weighted by molar-refractivity contribution is -0.161. The summed E-state index contributed by atoms with van der Waals surface area (Å²) in [5.41, 5.74) is 0. The zero-order valence-corrected chi connectivity index (χ0v) is 64.1. The molecule has 0 aromatic heterocycles. The molecule has 0 spiro atoms. The van der Waals surface area contributed by atoms with Gasteiger partial charge in [0.15, 0.2) is 12.2 Å². The number of rotatable bonds is 73. The van der Waals surface area contributed by atoms with Crippen molar-refractivity contribution < 1.29 is 80.2 Å². The Morgan fingerprint density at radius 2 is 0.505 bits per heavy atom. The third-order valence-corrected chi connectivity index (χ3v) is 19.8. The summed E-state index contributed by atoms with van der Waals surface area (Å²) in [6.07, 6.45) is 49.9. The Balaban J connectivity index is 5.26. The van der Waals surface area contributed by atoms with Gasteiger partial charge in [-0.2, -0.15) is 0 Å². The van der Waals surface area contributed by atoms with E-state index < -0.39 is 97.5 Å². The fourth-order valence-electron chi connectivity index (χ4n) is 11.5. The molecule has 19 heteroatoms. The van der Waals surface area contributed by atoms with Crippen LogP contribution in [0.25, 0.3) is 0 Å². The lowest BCUT2D eigenvalue weighted by Gasteiger charge is -2.21. The highest BCUT2D eigenvalue weighted by Crippen LogP contribution is 2.45. The Morgan fingerprint density at radius 3 is 0.747 bits per heavy atom. The number of aliphatic hydroxyl groups is 1. The summed E-state index contributed by atoms with van der Waals surface area (Å²) in [6, 6.07) is 0. The van der Waals surface area contributed by atoms with Gasteiger partial charge in [0, 0.05) is 25.7 Å². The van der Waals surface area contributed by atoms with E-state index >= 15 is 0 Å². The molecule has 3 N–H and O–H groups in total. The smallest absolute Gasteiger partial charge is 0.462 e.